The van der Waals surface area contributed by atoms with Crippen molar-refractivity contribution in [1.29, 1.82) is 0 Å². The van der Waals surface area contributed by atoms with Crippen molar-refractivity contribution in [1.82, 2.24) is 9.55 Å². The number of carboxylic acid groups (broad SMARTS) is 1. The topological polar surface area (TPSA) is 55.1 Å². The van der Waals surface area contributed by atoms with E-state index in [1.807, 2.05) is 22.6 Å². The van der Waals surface area contributed by atoms with Crippen LogP contribution in [0.5, 0.6) is 0 Å². The SMILES string of the molecule is C=C(Br)Cn1c(SCC(=O)O)nc2cc(I)c(F)cc21. The van der Waals surface area contributed by atoms with Gasteiger partial charge in [-0.25, -0.2) is 9.37 Å². The number of carboxylic acids is 1. The van der Waals surface area contributed by atoms with Gasteiger partial charge in [-0.1, -0.05) is 34.3 Å². The number of carbonyl (C=O) groups is 1. The molecule has 1 N–H and O–H groups in total. The molecule has 0 bridgehead atoms. The van der Waals surface area contributed by atoms with Crippen molar-refractivity contribution in [2.24, 2.45) is 0 Å². The minimum absolute atomic E-state index is 0.0995. The number of aromatic nitrogens is 2. The standard InChI is InChI=1S/C12H9BrFIN2O2S/c1-6(13)4-17-10-2-7(14)8(15)3-9(10)16-12(17)20-5-11(18)19/h2-3H,1,4-5H2,(H,18,19). The van der Waals surface area contributed by atoms with E-state index >= 15 is 0 Å². The summed E-state index contributed by atoms with van der Waals surface area (Å²) in [5.41, 5.74) is 1.26. The zero-order chi connectivity index (χ0) is 14.9. The van der Waals surface area contributed by atoms with Crippen LogP contribution in [-0.4, -0.2) is 26.4 Å². The fourth-order valence-corrected chi connectivity index (χ4v) is 3.09. The Hall–Kier alpha value is -0.610. The highest BCUT2D eigenvalue weighted by Crippen LogP contribution is 2.28. The van der Waals surface area contributed by atoms with Crippen LogP contribution in [0.3, 0.4) is 0 Å². The number of hydrogen-bond acceptors (Lipinski definition) is 3. The average Bonchev–Trinajstić information content (AvgIpc) is 2.65. The number of allylic oxidation sites excluding steroid dienone is 1. The molecule has 0 spiro atoms. The van der Waals surface area contributed by atoms with E-state index in [4.69, 9.17) is 5.11 Å². The summed E-state index contributed by atoms with van der Waals surface area (Å²) >= 11 is 6.26. The van der Waals surface area contributed by atoms with Crippen LogP contribution in [0.1, 0.15) is 0 Å². The Morgan fingerprint density at radius 1 is 1.60 bits per heavy atom. The summed E-state index contributed by atoms with van der Waals surface area (Å²) in [6, 6.07) is 3.05. The van der Waals surface area contributed by atoms with Crippen molar-refractivity contribution in [2.45, 2.75) is 11.7 Å². The quantitative estimate of drug-likeness (QED) is 0.532. The lowest BCUT2D eigenvalue weighted by atomic mass is 10.3. The van der Waals surface area contributed by atoms with Gasteiger partial charge in [0.2, 0.25) is 0 Å². The molecule has 0 amide bonds. The molecule has 0 atom stereocenters. The smallest absolute Gasteiger partial charge is 0.313 e. The predicted octanol–water partition coefficient (Wildman–Crippen LogP) is 3.87. The van der Waals surface area contributed by atoms with E-state index in [2.05, 4.69) is 27.5 Å². The van der Waals surface area contributed by atoms with Crippen LogP contribution in [0, 0.1) is 9.39 Å². The van der Waals surface area contributed by atoms with Crippen molar-refractivity contribution in [2.75, 3.05) is 5.75 Å². The third kappa shape index (κ3) is 3.53. The molecule has 1 aromatic carbocycles. The maximum Gasteiger partial charge on any atom is 0.313 e. The van der Waals surface area contributed by atoms with E-state index in [0.717, 1.165) is 11.8 Å². The Labute approximate surface area is 140 Å². The Bertz CT molecular complexity index is 704. The summed E-state index contributed by atoms with van der Waals surface area (Å²) in [6.45, 7) is 4.16. The monoisotopic (exact) mass is 470 g/mol. The molecule has 0 saturated heterocycles. The molecule has 0 fully saturated rings. The van der Waals surface area contributed by atoms with Crippen LogP contribution >= 0.6 is 50.3 Å². The number of imidazole rings is 1. The summed E-state index contributed by atoms with van der Waals surface area (Å²) < 4.78 is 16.6. The van der Waals surface area contributed by atoms with Crippen molar-refractivity contribution in [3.05, 3.63) is 32.6 Å². The molecular formula is C12H9BrFIN2O2S. The first-order valence-corrected chi connectivity index (χ1v) is 8.27. The Morgan fingerprint density at radius 2 is 2.30 bits per heavy atom. The second-order valence-corrected chi connectivity index (χ2v) is 7.16. The van der Waals surface area contributed by atoms with Gasteiger partial charge >= 0.3 is 5.97 Å². The van der Waals surface area contributed by atoms with Gasteiger partial charge in [-0.3, -0.25) is 4.79 Å². The van der Waals surface area contributed by atoms with Gasteiger partial charge in [-0.15, -0.1) is 0 Å². The van der Waals surface area contributed by atoms with Gasteiger partial charge in [0.05, 0.1) is 26.9 Å². The Balaban J connectivity index is 2.54. The second-order valence-electron chi connectivity index (χ2n) is 3.94. The first-order chi connectivity index (χ1) is 9.38. The molecule has 0 unspecified atom stereocenters. The lowest BCUT2D eigenvalue weighted by Crippen LogP contribution is -2.03. The lowest BCUT2D eigenvalue weighted by molar-refractivity contribution is -0.133. The summed E-state index contributed by atoms with van der Waals surface area (Å²) in [6.07, 6.45) is 0. The molecule has 0 aliphatic heterocycles. The van der Waals surface area contributed by atoms with E-state index in [1.165, 1.54) is 6.07 Å². The van der Waals surface area contributed by atoms with Crippen LogP contribution in [0.15, 0.2) is 28.4 Å². The van der Waals surface area contributed by atoms with Gasteiger partial charge in [0.15, 0.2) is 5.16 Å². The number of aliphatic carboxylic acids is 1. The molecule has 8 heteroatoms. The first-order valence-electron chi connectivity index (χ1n) is 5.41. The van der Waals surface area contributed by atoms with E-state index in [0.29, 0.717) is 30.8 Å². The molecule has 0 aliphatic rings. The molecule has 0 saturated carbocycles. The van der Waals surface area contributed by atoms with Crippen LogP contribution in [0.4, 0.5) is 4.39 Å². The summed E-state index contributed by atoms with van der Waals surface area (Å²) in [5.74, 6) is -1.35. The summed E-state index contributed by atoms with van der Waals surface area (Å²) in [5, 5.41) is 9.30. The Kier molecular flexibility index (Phi) is 5.08. The maximum atomic E-state index is 13.7. The van der Waals surface area contributed by atoms with Gasteiger partial charge in [0.1, 0.15) is 5.82 Å². The minimum Gasteiger partial charge on any atom is -0.481 e. The van der Waals surface area contributed by atoms with Crippen LogP contribution in [-0.2, 0) is 11.3 Å². The predicted molar refractivity (Wildman–Crippen MR) is 88.8 cm³/mol. The van der Waals surface area contributed by atoms with Gasteiger partial charge in [0, 0.05) is 10.5 Å². The molecule has 106 valence electrons. The number of halogens is 3. The average molecular weight is 471 g/mol. The molecule has 1 aromatic heterocycles. The normalized spacial score (nSPS) is 10.9. The molecule has 0 aliphatic carbocycles. The molecule has 4 nitrogen and oxygen atoms in total. The van der Waals surface area contributed by atoms with Crippen LogP contribution < -0.4 is 0 Å². The number of rotatable bonds is 5. The fourth-order valence-electron chi connectivity index (χ4n) is 1.66. The van der Waals surface area contributed by atoms with E-state index < -0.39 is 5.97 Å². The molecular weight excluding hydrogens is 462 g/mol. The summed E-state index contributed by atoms with van der Waals surface area (Å²) in [7, 11) is 0. The van der Waals surface area contributed by atoms with Gasteiger partial charge in [-0.2, -0.15) is 0 Å². The molecule has 20 heavy (non-hydrogen) atoms. The van der Waals surface area contributed by atoms with Crippen molar-refractivity contribution in [3.8, 4) is 0 Å². The fraction of sp³-hybridized carbons (Fsp3) is 0.167. The number of hydrogen-bond donors (Lipinski definition) is 1. The maximum absolute atomic E-state index is 13.7. The number of fused-ring (bicyclic) bond motifs is 1. The molecule has 2 rings (SSSR count). The van der Waals surface area contributed by atoms with Crippen molar-refractivity contribution >= 4 is 67.3 Å². The first kappa shape index (κ1) is 15.8. The highest BCUT2D eigenvalue weighted by atomic mass is 127. The highest BCUT2D eigenvalue weighted by Gasteiger charge is 2.15. The highest BCUT2D eigenvalue weighted by molar-refractivity contribution is 14.1. The third-order valence-electron chi connectivity index (χ3n) is 2.41. The minimum atomic E-state index is -0.924. The zero-order valence-electron chi connectivity index (χ0n) is 10.1. The summed E-state index contributed by atoms with van der Waals surface area (Å²) in [4.78, 5) is 15.1. The zero-order valence-corrected chi connectivity index (χ0v) is 14.6. The van der Waals surface area contributed by atoms with Crippen LogP contribution in [0.25, 0.3) is 11.0 Å². The molecule has 1 heterocycles. The second kappa shape index (κ2) is 6.44. The number of nitrogens with zero attached hydrogens (tertiary/aromatic N) is 2. The van der Waals surface area contributed by atoms with Gasteiger partial charge < -0.3 is 9.67 Å². The van der Waals surface area contributed by atoms with Crippen LogP contribution in [0.2, 0.25) is 0 Å². The molecule has 2 aromatic rings. The van der Waals surface area contributed by atoms with Gasteiger partial charge in [0.25, 0.3) is 0 Å². The molecule has 0 radical (unpaired) electrons. The van der Waals surface area contributed by atoms with E-state index in [9.17, 15) is 9.18 Å². The third-order valence-corrected chi connectivity index (χ3v) is 4.45. The lowest BCUT2D eigenvalue weighted by Gasteiger charge is -2.07. The van der Waals surface area contributed by atoms with Crippen molar-refractivity contribution in [3.63, 3.8) is 0 Å². The van der Waals surface area contributed by atoms with Crippen molar-refractivity contribution < 1.29 is 14.3 Å². The number of benzene rings is 1. The Morgan fingerprint density at radius 3 is 2.90 bits per heavy atom. The number of thioether (sulfide) groups is 1. The van der Waals surface area contributed by atoms with E-state index in [1.54, 1.807) is 10.6 Å². The largest absolute Gasteiger partial charge is 0.481 e. The van der Waals surface area contributed by atoms with Gasteiger partial charge in [-0.05, 0) is 28.7 Å². The van der Waals surface area contributed by atoms with E-state index in [-0.39, 0.29) is 11.6 Å².